The number of likely N-dealkylation sites (N-methyl/N-ethyl adjacent to an activating group) is 1. The van der Waals surface area contributed by atoms with E-state index >= 15 is 0 Å². The number of ether oxygens (including phenoxy) is 1. The van der Waals surface area contributed by atoms with Gasteiger partial charge in [0.15, 0.2) is 5.69 Å². The number of aromatic nitrogens is 3. The van der Waals surface area contributed by atoms with Gasteiger partial charge in [-0.1, -0.05) is 41.6 Å². The third kappa shape index (κ3) is 4.32. The Kier molecular flexibility index (Phi) is 5.83. The molecule has 3 aromatic rings. The lowest BCUT2D eigenvalue weighted by atomic mass is 10.0. The minimum atomic E-state index is -0.265. The number of nitrogens with zero attached hydrogens (tertiary/aromatic N) is 4. The van der Waals surface area contributed by atoms with Gasteiger partial charge in [-0.05, 0) is 32.3 Å². The molecule has 0 aliphatic rings. The van der Waals surface area contributed by atoms with Crippen molar-refractivity contribution in [2.24, 2.45) is 0 Å². The molecule has 0 aliphatic carbocycles. The van der Waals surface area contributed by atoms with E-state index in [1.807, 2.05) is 73.6 Å². The van der Waals surface area contributed by atoms with E-state index < -0.39 is 0 Å². The number of hydrogen-bond acceptors (Lipinski definition) is 5. The van der Waals surface area contributed by atoms with Crippen LogP contribution in [-0.4, -0.2) is 53.6 Å². The van der Waals surface area contributed by atoms with Gasteiger partial charge in [-0.2, -0.15) is 0 Å². The van der Waals surface area contributed by atoms with Gasteiger partial charge in [-0.3, -0.25) is 4.79 Å². The first-order valence-corrected chi connectivity index (χ1v) is 8.65. The van der Waals surface area contributed by atoms with Crippen molar-refractivity contribution in [3.63, 3.8) is 0 Å². The Balaban J connectivity index is 1.71. The van der Waals surface area contributed by atoms with Crippen molar-refractivity contribution < 1.29 is 9.53 Å². The van der Waals surface area contributed by atoms with Crippen molar-refractivity contribution in [2.75, 3.05) is 27.7 Å². The maximum absolute atomic E-state index is 12.5. The Bertz CT molecular complexity index is 892. The molecule has 1 amide bonds. The van der Waals surface area contributed by atoms with Gasteiger partial charge in [-0.15, -0.1) is 5.10 Å². The van der Waals surface area contributed by atoms with Crippen molar-refractivity contribution in [2.45, 2.75) is 6.04 Å². The van der Waals surface area contributed by atoms with Gasteiger partial charge < -0.3 is 15.0 Å². The second-order valence-corrected chi connectivity index (χ2v) is 6.32. The molecule has 0 aliphatic heterocycles. The molecule has 2 aromatic carbocycles. The van der Waals surface area contributed by atoms with Crippen molar-refractivity contribution in [3.05, 3.63) is 72.1 Å². The highest BCUT2D eigenvalue weighted by Crippen LogP contribution is 2.27. The molecule has 1 N–H and O–H groups in total. The average molecular weight is 365 g/mol. The summed E-state index contributed by atoms with van der Waals surface area (Å²) in [5.41, 5.74) is 2.14. The monoisotopic (exact) mass is 365 g/mol. The Morgan fingerprint density at radius 2 is 1.85 bits per heavy atom. The van der Waals surface area contributed by atoms with Crippen LogP contribution < -0.4 is 10.1 Å². The van der Waals surface area contributed by atoms with Crippen molar-refractivity contribution in [1.29, 1.82) is 0 Å². The summed E-state index contributed by atoms with van der Waals surface area (Å²) in [6.07, 6.45) is 1.62. The molecule has 0 saturated heterocycles. The highest BCUT2D eigenvalue weighted by molar-refractivity contribution is 5.91. The number of hydrogen-bond donors (Lipinski definition) is 1. The Labute approximate surface area is 158 Å². The Hall–Kier alpha value is -3.19. The largest absolute Gasteiger partial charge is 0.496 e. The Morgan fingerprint density at radius 1 is 1.15 bits per heavy atom. The van der Waals surface area contributed by atoms with Crippen LogP contribution in [0.25, 0.3) is 5.69 Å². The lowest BCUT2D eigenvalue weighted by molar-refractivity contribution is 0.0936. The lowest BCUT2D eigenvalue weighted by Gasteiger charge is -2.26. The molecule has 0 bridgehead atoms. The molecule has 1 heterocycles. The maximum Gasteiger partial charge on any atom is 0.273 e. The molecule has 1 unspecified atom stereocenters. The van der Waals surface area contributed by atoms with E-state index in [9.17, 15) is 4.79 Å². The predicted molar refractivity (Wildman–Crippen MR) is 103 cm³/mol. The van der Waals surface area contributed by atoms with Gasteiger partial charge in [-0.25, -0.2) is 4.68 Å². The molecule has 0 fully saturated rings. The van der Waals surface area contributed by atoms with E-state index in [1.54, 1.807) is 18.0 Å². The molecule has 0 saturated carbocycles. The summed E-state index contributed by atoms with van der Waals surface area (Å²) in [6.45, 7) is 0.421. The third-order valence-corrected chi connectivity index (χ3v) is 4.32. The maximum atomic E-state index is 12.5. The average Bonchev–Trinajstić information content (AvgIpc) is 3.19. The molecule has 1 aromatic heterocycles. The highest BCUT2D eigenvalue weighted by Gasteiger charge is 2.20. The van der Waals surface area contributed by atoms with Crippen molar-refractivity contribution >= 4 is 5.91 Å². The van der Waals surface area contributed by atoms with Crippen LogP contribution in [0.4, 0.5) is 0 Å². The van der Waals surface area contributed by atoms with Crippen molar-refractivity contribution in [3.8, 4) is 11.4 Å². The number of carbonyl (C=O) groups excluding carboxylic acids is 1. The molecule has 27 heavy (non-hydrogen) atoms. The van der Waals surface area contributed by atoms with Crippen LogP contribution in [0.15, 0.2) is 60.8 Å². The van der Waals surface area contributed by atoms with E-state index in [4.69, 9.17) is 4.74 Å². The fourth-order valence-corrected chi connectivity index (χ4v) is 2.87. The van der Waals surface area contributed by atoms with Crippen molar-refractivity contribution in [1.82, 2.24) is 25.2 Å². The molecular formula is C20H23N5O2. The number of rotatable bonds is 7. The molecule has 140 valence electrons. The summed E-state index contributed by atoms with van der Waals surface area (Å²) >= 11 is 0. The molecule has 0 radical (unpaired) electrons. The molecule has 7 heteroatoms. The van der Waals surface area contributed by atoms with Crippen LogP contribution in [-0.2, 0) is 0 Å². The summed E-state index contributed by atoms with van der Waals surface area (Å²) < 4.78 is 7.04. The van der Waals surface area contributed by atoms with Gasteiger partial charge in [0.1, 0.15) is 5.75 Å². The fourth-order valence-electron chi connectivity index (χ4n) is 2.87. The van der Waals surface area contributed by atoms with Gasteiger partial charge in [0, 0.05) is 12.1 Å². The van der Waals surface area contributed by atoms with Gasteiger partial charge in [0.05, 0.1) is 25.0 Å². The quantitative estimate of drug-likeness (QED) is 0.696. The Morgan fingerprint density at radius 3 is 2.56 bits per heavy atom. The smallest absolute Gasteiger partial charge is 0.273 e. The van der Waals surface area contributed by atoms with Crippen LogP contribution >= 0.6 is 0 Å². The fraction of sp³-hybridized carbons (Fsp3) is 0.250. The number of amides is 1. The number of nitrogens with one attached hydrogen (secondary N) is 1. The van der Waals surface area contributed by atoms with Crippen LogP contribution in [0, 0.1) is 0 Å². The summed E-state index contributed by atoms with van der Waals surface area (Å²) in [5.74, 6) is 0.527. The van der Waals surface area contributed by atoms with Crippen LogP contribution in [0.3, 0.4) is 0 Å². The van der Waals surface area contributed by atoms with Gasteiger partial charge in [0.25, 0.3) is 5.91 Å². The summed E-state index contributed by atoms with van der Waals surface area (Å²) in [6, 6.07) is 17.3. The summed E-state index contributed by atoms with van der Waals surface area (Å²) in [5, 5.41) is 11.0. The van der Waals surface area contributed by atoms with E-state index in [2.05, 4.69) is 15.6 Å². The van der Waals surface area contributed by atoms with E-state index in [1.165, 1.54) is 0 Å². The standard InChI is InChI=1S/C20H23N5O2/c1-24(2)18(16-11-7-8-12-19(16)27-3)13-21-20(26)17-14-25(23-22-17)15-9-5-4-6-10-15/h4-12,14,18H,13H2,1-3H3,(H,21,26). The molecule has 7 nitrogen and oxygen atoms in total. The zero-order valence-corrected chi connectivity index (χ0v) is 15.7. The molecular weight excluding hydrogens is 342 g/mol. The normalized spacial score (nSPS) is 12.0. The van der Waals surface area contributed by atoms with E-state index in [0.29, 0.717) is 6.54 Å². The lowest BCUT2D eigenvalue weighted by Crippen LogP contribution is -2.35. The number of carbonyl (C=O) groups is 1. The first-order chi connectivity index (χ1) is 13.1. The number of methoxy groups -OCH3 is 1. The minimum absolute atomic E-state index is 0.0331. The van der Waals surface area contributed by atoms with Crippen LogP contribution in [0.5, 0.6) is 5.75 Å². The predicted octanol–water partition coefficient (Wildman–Crippen LogP) is 2.31. The van der Waals surface area contributed by atoms with Crippen LogP contribution in [0.2, 0.25) is 0 Å². The van der Waals surface area contributed by atoms with E-state index in [-0.39, 0.29) is 17.6 Å². The van der Waals surface area contributed by atoms with Gasteiger partial charge >= 0.3 is 0 Å². The topological polar surface area (TPSA) is 72.3 Å². The van der Waals surface area contributed by atoms with E-state index in [0.717, 1.165) is 17.0 Å². The molecule has 1 atom stereocenters. The van der Waals surface area contributed by atoms with Gasteiger partial charge in [0.2, 0.25) is 0 Å². The second kappa shape index (κ2) is 8.46. The first-order valence-electron chi connectivity index (χ1n) is 8.65. The number of para-hydroxylation sites is 2. The number of benzene rings is 2. The molecule has 3 rings (SSSR count). The highest BCUT2D eigenvalue weighted by atomic mass is 16.5. The third-order valence-electron chi connectivity index (χ3n) is 4.32. The second-order valence-electron chi connectivity index (χ2n) is 6.32. The summed E-state index contributed by atoms with van der Waals surface area (Å²) in [4.78, 5) is 14.6. The SMILES string of the molecule is COc1ccccc1C(CNC(=O)c1cn(-c2ccccc2)nn1)N(C)C. The zero-order chi connectivity index (χ0) is 19.2. The zero-order valence-electron chi connectivity index (χ0n) is 15.7. The molecule has 0 spiro atoms. The summed E-state index contributed by atoms with van der Waals surface area (Å²) in [7, 11) is 5.58. The first kappa shape index (κ1) is 18.6. The van der Waals surface area contributed by atoms with Crippen LogP contribution in [0.1, 0.15) is 22.1 Å². The minimum Gasteiger partial charge on any atom is -0.496 e.